The normalized spacial score (nSPS) is 24.6. The first-order chi connectivity index (χ1) is 8.12. The Morgan fingerprint density at radius 3 is 2.88 bits per heavy atom. The van der Waals surface area contributed by atoms with Gasteiger partial charge in [0, 0.05) is 6.61 Å². The fourth-order valence-corrected chi connectivity index (χ4v) is 1.87. The summed E-state index contributed by atoms with van der Waals surface area (Å²) in [7, 11) is 0. The first-order valence-corrected chi connectivity index (χ1v) is 5.82. The van der Waals surface area contributed by atoms with Crippen LogP contribution in [-0.4, -0.2) is 28.4 Å². The van der Waals surface area contributed by atoms with Gasteiger partial charge in [-0.25, -0.2) is 4.63 Å². The van der Waals surface area contributed by atoms with E-state index in [9.17, 15) is 4.79 Å². The lowest BCUT2D eigenvalue weighted by molar-refractivity contribution is -0.150. The lowest BCUT2D eigenvalue weighted by Gasteiger charge is -2.32. The van der Waals surface area contributed by atoms with Gasteiger partial charge in [0.2, 0.25) is 0 Å². The minimum absolute atomic E-state index is 0.0976. The van der Waals surface area contributed by atoms with E-state index in [0.29, 0.717) is 24.5 Å². The summed E-state index contributed by atoms with van der Waals surface area (Å²) in [5.74, 6) is -0.0976. The molecule has 2 heterocycles. The molecule has 6 heteroatoms. The topological polar surface area (TPSA) is 77.3 Å². The average molecular weight is 239 g/mol. The molecule has 0 radical (unpaired) electrons. The van der Waals surface area contributed by atoms with Crippen LogP contribution in [0, 0.1) is 6.92 Å². The van der Waals surface area contributed by atoms with Crippen LogP contribution in [-0.2, 0) is 16.1 Å². The van der Waals surface area contributed by atoms with Gasteiger partial charge < -0.3 is 10.1 Å². The van der Waals surface area contributed by atoms with E-state index in [1.54, 1.807) is 6.92 Å². The number of aryl methyl sites for hydroxylation is 1. The second-order valence-electron chi connectivity index (χ2n) is 4.52. The van der Waals surface area contributed by atoms with Crippen molar-refractivity contribution < 1.29 is 14.2 Å². The van der Waals surface area contributed by atoms with Gasteiger partial charge in [0.25, 0.3) is 5.91 Å². The van der Waals surface area contributed by atoms with Gasteiger partial charge in [-0.2, -0.15) is 0 Å². The summed E-state index contributed by atoms with van der Waals surface area (Å²) in [5, 5.41) is 10.2. The lowest BCUT2D eigenvalue weighted by Crippen LogP contribution is -2.48. The lowest BCUT2D eigenvalue weighted by atomic mass is 9.95. The number of nitrogens with zero attached hydrogens (tertiary/aromatic N) is 2. The molecule has 94 valence electrons. The van der Waals surface area contributed by atoms with Gasteiger partial charge in [-0.1, -0.05) is 10.3 Å². The summed E-state index contributed by atoms with van der Waals surface area (Å²) in [6.45, 7) is 4.59. The molecule has 0 bridgehead atoms. The maximum Gasteiger partial charge on any atom is 0.252 e. The van der Waals surface area contributed by atoms with Crippen LogP contribution in [0.15, 0.2) is 4.63 Å². The molecule has 1 N–H and O–H groups in total. The molecule has 1 fully saturated rings. The van der Waals surface area contributed by atoms with Crippen LogP contribution in [0.1, 0.15) is 37.6 Å². The summed E-state index contributed by atoms with van der Waals surface area (Å²) in [6, 6.07) is 0. The van der Waals surface area contributed by atoms with Crippen molar-refractivity contribution in [2.45, 2.75) is 45.3 Å². The van der Waals surface area contributed by atoms with Crippen LogP contribution in [0.4, 0.5) is 0 Å². The fraction of sp³-hybridized carbons (Fsp3) is 0.727. The number of ether oxygens (including phenoxy) is 1. The molecule has 6 nitrogen and oxygen atoms in total. The Kier molecular flexibility index (Phi) is 3.42. The Morgan fingerprint density at radius 1 is 1.47 bits per heavy atom. The Labute approximate surface area is 99.7 Å². The smallest absolute Gasteiger partial charge is 0.252 e. The third-order valence-electron chi connectivity index (χ3n) is 3.11. The molecule has 1 aromatic rings. The molecule has 17 heavy (non-hydrogen) atoms. The molecular weight excluding hydrogens is 222 g/mol. The van der Waals surface area contributed by atoms with Crippen molar-refractivity contribution in [3.8, 4) is 0 Å². The number of carbonyl (C=O) groups is 1. The average Bonchev–Trinajstić information content (AvgIpc) is 2.73. The fourth-order valence-electron chi connectivity index (χ4n) is 1.87. The zero-order chi connectivity index (χ0) is 12.3. The van der Waals surface area contributed by atoms with Gasteiger partial charge in [0.15, 0.2) is 0 Å². The van der Waals surface area contributed by atoms with Gasteiger partial charge in [-0.05, 0) is 33.1 Å². The first kappa shape index (κ1) is 12.0. The second kappa shape index (κ2) is 4.83. The summed E-state index contributed by atoms with van der Waals surface area (Å²) in [4.78, 5) is 12.0. The summed E-state index contributed by atoms with van der Waals surface area (Å²) >= 11 is 0. The van der Waals surface area contributed by atoms with E-state index >= 15 is 0 Å². The third kappa shape index (κ3) is 2.63. The molecule has 2 rings (SSSR count). The van der Waals surface area contributed by atoms with E-state index in [1.807, 2.05) is 6.92 Å². The van der Waals surface area contributed by atoms with Crippen molar-refractivity contribution in [3.05, 3.63) is 11.4 Å². The van der Waals surface area contributed by atoms with Crippen LogP contribution in [0.25, 0.3) is 0 Å². The molecule has 1 aliphatic rings. The zero-order valence-corrected chi connectivity index (χ0v) is 10.2. The Hall–Kier alpha value is -1.43. The van der Waals surface area contributed by atoms with Gasteiger partial charge in [-0.15, -0.1) is 0 Å². The van der Waals surface area contributed by atoms with Crippen molar-refractivity contribution in [3.63, 3.8) is 0 Å². The standard InChI is InChI=1S/C11H17N3O3/c1-8-9(14-17-13-8)7-12-10(15)11(2)5-3-4-6-16-11/h3-7H2,1-2H3,(H,12,15)/t11-/m1/s1. The van der Waals surface area contributed by atoms with Crippen LogP contribution in [0.5, 0.6) is 0 Å². The van der Waals surface area contributed by atoms with Crippen molar-refractivity contribution >= 4 is 5.91 Å². The summed E-state index contributed by atoms with van der Waals surface area (Å²) < 4.78 is 10.1. The number of hydrogen-bond donors (Lipinski definition) is 1. The predicted octanol–water partition coefficient (Wildman–Crippen LogP) is 0.953. The molecule has 0 aliphatic carbocycles. The molecule has 1 atom stereocenters. The molecule has 1 amide bonds. The highest BCUT2D eigenvalue weighted by Gasteiger charge is 2.35. The molecule has 1 aliphatic heterocycles. The van der Waals surface area contributed by atoms with Crippen molar-refractivity contribution in [1.29, 1.82) is 0 Å². The second-order valence-corrected chi connectivity index (χ2v) is 4.52. The van der Waals surface area contributed by atoms with Crippen LogP contribution < -0.4 is 5.32 Å². The molecule has 0 aromatic carbocycles. The van der Waals surface area contributed by atoms with Gasteiger partial charge in [0.05, 0.1) is 6.54 Å². The molecule has 0 unspecified atom stereocenters. The van der Waals surface area contributed by atoms with Crippen molar-refractivity contribution in [2.24, 2.45) is 0 Å². The van der Waals surface area contributed by atoms with Crippen molar-refractivity contribution in [1.82, 2.24) is 15.6 Å². The zero-order valence-electron chi connectivity index (χ0n) is 10.2. The molecule has 0 spiro atoms. The number of hydrogen-bond acceptors (Lipinski definition) is 5. The Morgan fingerprint density at radius 2 is 2.29 bits per heavy atom. The Balaban J connectivity index is 1.91. The number of amides is 1. The van der Waals surface area contributed by atoms with E-state index in [0.717, 1.165) is 19.3 Å². The van der Waals surface area contributed by atoms with Gasteiger partial charge in [-0.3, -0.25) is 4.79 Å². The van der Waals surface area contributed by atoms with Crippen LogP contribution >= 0.6 is 0 Å². The van der Waals surface area contributed by atoms with Gasteiger partial charge in [0.1, 0.15) is 17.0 Å². The molecule has 1 aromatic heterocycles. The Bertz CT molecular complexity index is 396. The third-order valence-corrected chi connectivity index (χ3v) is 3.11. The van der Waals surface area contributed by atoms with E-state index in [1.165, 1.54) is 0 Å². The highest BCUT2D eigenvalue weighted by Crippen LogP contribution is 2.24. The monoisotopic (exact) mass is 239 g/mol. The minimum Gasteiger partial charge on any atom is -0.365 e. The van der Waals surface area contributed by atoms with Crippen LogP contribution in [0.2, 0.25) is 0 Å². The number of nitrogens with one attached hydrogen (secondary N) is 1. The van der Waals surface area contributed by atoms with E-state index in [4.69, 9.17) is 4.74 Å². The largest absolute Gasteiger partial charge is 0.365 e. The van der Waals surface area contributed by atoms with Gasteiger partial charge >= 0.3 is 0 Å². The van der Waals surface area contributed by atoms with Crippen molar-refractivity contribution in [2.75, 3.05) is 6.61 Å². The molecular formula is C11H17N3O3. The summed E-state index contributed by atoms with van der Waals surface area (Å²) in [5.41, 5.74) is 0.640. The maximum atomic E-state index is 12.0. The van der Waals surface area contributed by atoms with Crippen LogP contribution in [0.3, 0.4) is 0 Å². The quantitative estimate of drug-likeness (QED) is 0.849. The minimum atomic E-state index is -0.705. The molecule has 0 saturated carbocycles. The maximum absolute atomic E-state index is 12.0. The first-order valence-electron chi connectivity index (χ1n) is 5.82. The SMILES string of the molecule is Cc1nonc1CNC(=O)[C@@]1(C)CCCCO1. The van der Waals surface area contributed by atoms with E-state index in [-0.39, 0.29) is 5.91 Å². The number of carbonyl (C=O) groups excluding carboxylic acids is 1. The summed E-state index contributed by atoms with van der Waals surface area (Å²) in [6.07, 6.45) is 2.80. The predicted molar refractivity (Wildman–Crippen MR) is 59.1 cm³/mol. The molecule has 1 saturated heterocycles. The van der Waals surface area contributed by atoms with E-state index in [2.05, 4.69) is 20.3 Å². The van der Waals surface area contributed by atoms with E-state index < -0.39 is 5.60 Å². The number of aromatic nitrogens is 2. The highest BCUT2D eigenvalue weighted by molar-refractivity contribution is 5.84. The highest BCUT2D eigenvalue weighted by atomic mass is 16.6. The number of rotatable bonds is 3.